The third kappa shape index (κ3) is 1.41. The van der Waals surface area contributed by atoms with Crippen LogP contribution in [0.2, 0.25) is 0 Å². The molecule has 14 heavy (non-hydrogen) atoms. The number of aromatic nitrogens is 2. The Bertz CT molecular complexity index is 477. The van der Waals surface area contributed by atoms with E-state index in [1.807, 2.05) is 20.0 Å². The van der Waals surface area contributed by atoms with E-state index in [0.29, 0.717) is 0 Å². The fourth-order valence-corrected chi connectivity index (χ4v) is 1.53. The minimum absolute atomic E-state index is 0.936. The average Bonchev–Trinajstić information content (AvgIpc) is 2.16. The first-order chi connectivity index (χ1) is 6.70. The molecule has 0 aliphatic rings. The van der Waals surface area contributed by atoms with Crippen molar-refractivity contribution in [1.82, 2.24) is 9.97 Å². The second-order valence-electron chi connectivity index (χ2n) is 3.42. The maximum absolute atomic E-state index is 4.42. The Hall–Kier alpha value is -1.64. The van der Waals surface area contributed by atoms with Crippen molar-refractivity contribution in [1.29, 1.82) is 0 Å². The van der Waals surface area contributed by atoms with Gasteiger partial charge in [-0.3, -0.25) is 4.98 Å². The predicted molar refractivity (Wildman–Crippen MR) is 58.6 cm³/mol. The van der Waals surface area contributed by atoms with Gasteiger partial charge in [-0.15, -0.1) is 0 Å². The van der Waals surface area contributed by atoms with Crippen LogP contribution in [0.1, 0.15) is 11.3 Å². The Balaban J connectivity index is 2.73. The second kappa shape index (κ2) is 3.25. The minimum Gasteiger partial charge on any atom is -0.388 e. The first kappa shape index (κ1) is 8.94. The van der Waals surface area contributed by atoms with Crippen molar-refractivity contribution in [2.75, 3.05) is 12.4 Å². The van der Waals surface area contributed by atoms with E-state index in [0.717, 1.165) is 22.4 Å². The van der Waals surface area contributed by atoms with Gasteiger partial charge in [0.15, 0.2) is 0 Å². The van der Waals surface area contributed by atoms with Crippen molar-refractivity contribution in [2.24, 2.45) is 0 Å². The molecule has 0 fully saturated rings. The molecular weight excluding hydrogens is 174 g/mol. The Morgan fingerprint density at radius 2 is 1.93 bits per heavy atom. The molecule has 0 aliphatic heterocycles. The predicted octanol–water partition coefficient (Wildman–Crippen LogP) is 2.29. The topological polar surface area (TPSA) is 37.8 Å². The summed E-state index contributed by atoms with van der Waals surface area (Å²) >= 11 is 0. The largest absolute Gasteiger partial charge is 0.388 e. The Morgan fingerprint density at radius 1 is 1.14 bits per heavy atom. The van der Waals surface area contributed by atoms with Gasteiger partial charge < -0.3 is 5.32 Å². The molecule has 1 aromatic heterocycles. The molecule has 0 saturated carbocycles. The Morgan fingerprint density at radius 3 is 2.64 bits per heavy atom. The van der Waals surface area contributed by atoms with E-state index in [-0.39, 0.29) is 0 Å². The first-order valence-electron chi connectivity index (χ1n) is 4.62. The minimum atomic E-state index is 0.936. The van der Waals surface area contributed by atoms with Gasteiger partial charge in [-0.2, -0.15) is 0 Å². The average molecular weight is 187 g/mol. The van der Waals surface area contributed by atoms with E-state index in [9.17, 15) is 0 Å². The van der Waals surface area contributed by atoms with Gasteiger partial charge in [-0.05, 0) is 31.5 Å². The molecule has 1 heterocycles. The van der Waals surface area contributed by atoms with Gasteiger partial charge >= 0.3 is 0 Å². The molecule has 1 N–H and O–H groups in total. The van der Waals surface area contributed by atoms with Crippen LogP contribution in [-0.2, 0) is 0 Å². The molecule has 3 heteroatoms. The standard InChI is InChI=1S/C11H13N3/c1-7-4-11-10(5-9(7)12-3)13-6-8(2)14-11/h4-6,12H,1-3H3. The van der Waals surface area contributed by atoms with E-state index >= 15 is 0 Å². The van der Waals surface area contributed by atoms with Crippen LogP contribution >= 0.6 is 0 Å². The molecular formula is C11H13N3. The monoisotopic (exact) mass is 187 g/mol. The molecule has 3 nitrogen and oxygen atoms in total. The number of rotatable bonds is 1. The summed E-state index contributed by atoms with van der Waals surface area (Å²) < 4.78 is 0. The third-order valence-corrected chi connectivity index (χ3v) is 2.28. The fraction of sp³-hybridized carbons (Fsp3) is 0.273. The lowest BCUT2D eigenvalue weighted by Crippen LogP contribution is -1.94. The zero-order chi connectivity index (χ0) is 10.1. The lowest BCUT2D eigenvalue weighted by Gasteiger charge is -2.06. The SMILES string of the molecule is CNc1cc2ncc(C)nc2cc1C. The number of nitrogens with one attached hydrogen (secondary N) is 1. The van der Waals surface area contributed by atoms with Crippen LogP contribution in [0.15, 0.2) is 18.3 Å². The zero-order valence-corrected chi connectivity index (χ0v) is 8.63. The second-order valence-corrected chi connectivity index (χ2v) is 3.42. The number of nitrogens with zero attached hydrogens (tertiary/aromatic N) is 2. The highest BCUT2D eigenvalue weighted by Crippen LogP contribution is 2.20. The van der Waals surface area contributed by atoms with Crippen molar-refractivity contribution < 1.29 is 0 Å². The molecule has 0 aliphatic carbocycles. The molecule has 0 atom stereocenters. The van der Waals surface area contributed by atoms with Crippen molar-refractivity contribution in [3.8, 4) is 0 Å². The molecule has 0 bridgehead atoms. The highest BCUT2D eigenvalue weighted by atomic mass is 14.8. The first-order valence-corrected chi connectivity index (χ1v) is 4.62. The van der Waals surface area contributed by atoms with Crippen molar-refractivity contribution in [3.63, 3.8) is 0 Å². The maximum atomic E-state index is 4.42. The zero-order valence-electron chi connectivity index (χ0n) is 8.63. The van der Waals surface area contributed by atoms with Crippen LogP contribution in [0.5, 0.6) is 0 Å². The quantitative estimate of drug-likeness (QED) is 0.744. The Kier molecular flexibility index (Phi) is 2.08. The summed E-state index contributed by atoms with van der Waals surface area (Å²) in [6.07, 6.45) is 1.79. The number of benzene rings is 1. The van der Waals surface area contributed by atoms with Gasteiger partial charge in [0.05, 0.1) is 16.7 Å². The molecule has 0 saturated heterocycles. The molecule has 0 unspecified atom stereocenters. The summed E-state index contributed by atoms with van der Waals surface area (Å²) in [5.41, 5.74) is 5.15. The van der Waals surface area contributed by atoms with Gasteiger partial charge in [0.1, 0.15) is 0 Å². The summed E-state index contributed by atoms with van der Waals surface area (Å²) in [7, 11) is 1.91. The van der Waals surface area contributed by atoms with Gasteiger partial charge in [-0.25, -0.2) is 4.98 Å². The molecule has 2 aromatic rings. The number of fused-ring (bicyclic) bond motifs is 1. The molecule has 0 radical (unpaired) electrons. The van der Waals surface area contributed by atoms with Gasteiger partial charge in [0, 0.05) is 18.9 Å². The van der Waals surface area contributed by atoms with Gasteiger partial charge in [0.2, 0.25) is 0 Å². The van der Waals surface area contributed by atoms with E-state index in [4.69, 9.17) is 0 Å². The van der Waals surface area contributed by atoms with Crippen LogP contribution in [0.25, 0.3) is 11.0 Å². The smallest absolute Gasteiger partial charge is 0.0907 e. The highest BCUT2D eigenvalue weighted by molar-refractivity contribution is 5.80. The number of hydrogen-bond donors (Lipinski definition) is 1. The van der Waals surface area contributed by atoms with E-state index in [1.54, 1.807) is 6.20 Å². The number of aryl methyl sites for hydroxylation is 2. The molecule has 0 amide bonds. The normalized spacial score (nSPS) is 10.5. The number of hydrogen-bond acceptors (Lipinski definition) is 3. The third-order valence-electron chi connectivity index (χ3n) is 2.28. The van der Waals surface area contributed by atoms with E-state index in [2.05, 4.69) is 28.3 Å². The summed E-state index contributed by atoms with van der Waals surface area (Å²) in [6.45, 7) is 4.02. The van der Waals surface area contributed by atoms with Crippen molar-refractivity contribution in [2.45, 2.75) is 13.8 Å². The lowest BCUT2D eigenvalue weighted by molar-refractivity contribution is 1.18. The summed E-state index contributed by atoms with van der Waals surface area (Å²) in [5.74, 6) is 0. The molecule has 0 spiro atoms. The molecule has 72 valence electrons. The lowest BCUT2D eigenvalue weighted by atomic mass is 10.1. The summed E-state index contributed by atoms with van der Waals surface area (Å²) in [6, 6.07) is 4.08. The van der Waals surface area contributed by atoms with Crippen LogP contribution in [0, 0.1) is 13.8 Å². The summed E-state index contributed by atoms with van der Waals surface area (Å²) in [4.78, 5) is 8.75. The van der Waals surface area contributed by atoms with Crippen molar-refractivity contribution in [3.05, 3.63) is 29.6 Å². The summed E-state index contributed by atoms with van der Waals surface area (Å²) in [5, 5.41) is 3.13. The van der Waals surface area contributed by atoms with Crippen molar-refractivity contribution >= 4 is 16.7 Å². The van der Waals surface area contributed by atoms with Crippen LogP contribution < -0.4 is 5.32 Å². The maximum Gasteiger partial charge on any atom is 0.0907 e. The van der Waals surface area contributed by atoms with Gasteiger partial charge in [-0.1, -0.05) is 0 Å². The fourth-order valence-electron chi connectivity index (χ4n) is 1.53. The van der Waals surface area contributed by atoms with Crippen LogP contribution in [-0.4, -0.2) is 17.0 Å². The molecule has 1 aromatic carbocycles. The van der Waals surface area contributed by atoms with E-state index in [1.165, 1.54) is 5.56 Å². The van der Waals surface area contributed by atoms with Crippen LogP contribution in [0.3, 0.4) is 0 Å². The van der Waals surface area contributed by atoms with Crippen LogP contribution in [0.4, 0.5) is 5.69 Å². The highest BCUT2D eigenvalue weighted by Gasteiger charge is 2.01. The molecule has 2 rings (SSSR count). The number of anilines is 1. The van der Waals surface area contributed by atoms with Gasteiger partial charge in [0.25, 0.3) is 0 Å². The van der Waals surface area contributed by atoms with E-state index < -0.39 is 0 Å². The Labute approximate surface area is 83.2 Å².